The monoisotopic (exact) mass is 387 g/mol. The van der Waals surface area contributed by atoms with Crippen molar-refractivity contribution in [2.24, 2.45) is 0 Å². The molecule has 130 valence electrons. The summed E-state index contributed by atoms with van der Waals surface area (Å²) >= 11 is 1.45. The van der Waals surface area contributed by atoms with Crippen molar-refractivity contribution >= 4 is 31.4 Å². The summed E-state index contributed by atoms with van der Waals surface area (Å²) in [5, 5.41) is 2.65. The van der Waals surface area contributed by atoms with Gasteiger partial charge in [0, 0.05) is 11.4 Å². The highest BCUT2D eigenvalue weighted by atomic mass is 32.2. The third-order valence-corrected chi connectivity index (χ3v) is 7.23. The molecule has 1 saturated carbocycles. The van der Waals surface area contributed by atoms with E-state index in [2.05, 4.69) is 14.4 Å². The number of aromatic nitrogens is 1. The van der Waals surface area contributed by atoms with Gasteiger partial charge in [-0.05, 0) is 44.0 Å². The Hall–Kier alpha value is -1.33. The van der Waals surface area contributed by atoms with Gasteiger partial charge in [0.25, 0.3) is 0 Å². The summed E-state index contributed by atoms with van der Waals surface area (Å²) in [6.45, 7) is 1.94. The Balaban J connectivity index is 1.71. The minimum atomic E-state index is -3.72. The van der Waals surface area contributed by atoms with Crippen molar-refractivity contribution in [2.45, 2.75) is 42.1 Å². The minimum Gasteiger partial charge on any atom is -0.245 e. The molecule has 0 atom stereocenters. The van der Waals surface area contributed by atoms with Gasteiger partial charge in [0.05, 0.1) is 27.0 Å². The zero-order valence-corrected chi connectivity index (χ0v) is 15.3. The predicted molar refractivity (Wildman–Crippen MR) is 90.7 cm³/mol. The molecule has 2 aromatic rings. The Morgan fingerprint density at radius 3 is 2.17 bits per heavy atom. The molecule has 0 radical (unpaired) electrons. The maximum Gasteiger partial charge on any atom is 0.240 e. The van der Waals surface area contributed by atoms with Crippen molar-refractivity contribution < 1.29 is 16.8 Å². The van der Waals surface area contributed by atoms with Crippen LogP contribution in [0, 0.1) is 6.92 Å². The predicted octanol–water partition coefficient (Wildman–Crippen LogP) is 1.37. The van der Waals surface area contributed by atoms with Crippen LogP contribution in [-0.4, -0.2) is 27.9 Å². The topological polar surface area (TPSA) is 105 Å². The Morgan fingerprint density at radius 1 is 1.08 bits per heavy atom. The molecule has 0 spiro atoms. The Kier molecular flexibility index (Phi) is 4.76. The van der Waals surface area contributed by atoms with E-state index >= 15 is 0 Å². The van der Waals surface area contributed by atoms with E-state index in [-0.39, 0.29) is 22.4 Å². The fourth-order valence-corrected chi connectivity index (χ4v) is 4.94. The molecule has 24 heavy (non-hydrogen) atoms. The maximum atomic E-state index is 12.3. The first kappa shape index (κ1) is 17.5. The van der Waals surface area contributed by atoms with E-state index in [1.165, 1.54) is 35.6 Å². The van der Waals surface area contributed by atoms with Gasteiger partial charge >= 0.3 is 0 Å². The van der Waals surface area contributed by atoms with Crippen molar-refractivity contribution in [3.05, 3.63) is 40.3 Å². The van der Waals surface area contributed by atoms with Crippen LogP contribution in [0.5, 0.6) is 0 Å². The molecule has 10 heteroatoms. The smallest absolute Gasteiger partial charge is 0.240 e. The molecule has 0 unspecified atom stereocenters. The first-order chi connectivity index (χ1) is 11.3. The maximum absolute atomic E-state index is 12.3. The standard InChI is InChI=1S/C14H17N3O4S3/c1-10-16-12(9-22-10)8-15-23(18,19)13-4-6-14(7-5-13)24(20,21)17-11-2-3-11/h4-7,9,11,15,17H,2-3,8H2,1H3. The normalized spacial score (nSPS) is 15.5. The van der Waals surface area contributed by atoms with Gasteiger partial charge in [0.1, 0.15) is 0 Å². The van der Waals surface area contributed by atoms with E-state index in [1.54, 1.807) is 5.38 Å². The largest absolute Gasteiger partial charge is 0.245 e. The lowest BCUT2D eigenvalue weighted by Crippen LogP contribution is -2.26. The zero-order valence-electron chi connectivity index (χ0n) is 12.9. The van der Waals surface area contributed by atoms with Gasteiger partial charge < -0.3 is 0 Å². The first-order valence-corrected chi connectivity index (χ1v) is 11.1. The Bertz CT molecular complexity index is 930. The molecule has 0 bridgehead atoms. The molecule has 0 amide bonds. The van der Waals surface area contributed by atoms with Crippen LogP contribution in [-0.2, 0) is 26.6 Å². The number of benzene rings is 1. The van der Waals surface area contributed by atoms with Crippen LogP contribution in [0.1, 0.15) is 23.5 Å². The summed E-state index contributed by atoms with van der Waals surface area (Å²) in [5.41, 5.74) is 0.647. The summed E-state index contributed by atoms with van der Waals surface area (Å²) in [5.74, 6) is 0. The SMILES string of the molecule is Cc1nc(CNS(=O)(=O)c2ccc(S(=O)(=O)NC3CC3)cc2)cs1. The fraction of sp³-hybridized carbons (Fsp3) is 0.357. The van der Waals surface area contributed by atoms with Crippen molar-refractivity contribution in [3.8, 4) is 0 Å². The molecular formula is C14H17N3O4S3. The molecule has 2 N–H and O–H groups in total. The first-order valence-electron chi connectivity index (χ1n) is 7.29. The van der Waals surface area contributed by atoms with Crippen LogP contribution in [0.25, 0.3) is 0 Å². The molecule has 1 aliphatic rings. The number of hydrogen-bond donors (Lipinski definition) is 2. The van der Waals surface area contributed by atoms with E-state index in [4.69, 9.17) is 0 Å². The summed E-state index contributed by atoms with van der Waals surface area (Å²) in [6.07, 6.45) is 1.68. The summed E-state index contributed by atoms with van der Waals surface area (Å²) < 4.78 is 53.7. The van der Waals surface area contributed by atoms with Crippen LogP contribution < -0.4 is 9.44 Å². The number of hydrogen-bond acceptors (Lipinski definition) is 6. The van der Waals surface area contributed by atoms with E-state index in [0.717, 1.165) is 17.8 Å². The summed E-state index contributed by atoms with van der Waals surface area (Å²) in [6, 6.07) is 5.17. The van der Waals surface area contributed by atoms with Crippen LogP contribution in [0.3, 0.4) is 0 Å². The minimum absolute atomic E-state index is 0.00152. The number of nitrogens with one attached hydrogen (secondary N) is 2. The molecule has 1 aromatic carbocycles. The van der Waals surface area contributed by atoms with E-state index < -0.39 is 20.0 Å². The quantitative estimate of drug-likeness (QED) is 0.746. The van der Waals surface area contributed by atoms with Crippen molar-refractivity contribution in [1.29, 1.82) is 0 Å². The number of rotatable bonds is 7. The van der Waals surface area contributed by atoms with Crippen molar-refractivity contribution in [2.75, 3.05) is 0 Å². The lowest BCUT2D eigenvalue weighted by Gasteiger charge is -2.08. The van der Waals surface area contributed by atoms with Crippen molar-refractivity contribution in [3.63, 3.8) is 0 Å². The highest BCUT2D eigenvalue weighted by Crippen LogP contribution is 2.22. The van der Waals surface area contributed by atoms with Crippen molar-refractivity contribution in [1.82, 2.24) is 14.4 Å². The third-order valence-electron chi connectivity index (χ3n) is 3.45. The lowest BCUT2D eigenvalue weighted by molar-refractivity contribution is 0.577. The summed E-state index contributed by atoms with van der Waals surface area (Å²) in [4.78, 5) is 4.26. The van der Waals surface area contributed by atoms with Gasteiger partial charge in [-0.1, -0.05) is 0 Å². The van der Waals surface area contributed by atoms with Gasteiger partial charge in [-0.15, -0.1) is 11.3 Å². The number of nitrogens with zero attached hydrogens (tertiary/aromatic N) is 1. The molecule has 0 aliphatic heterocycles. The Morgan fingerprint density at radius 2 is 1.67 bits per heavy atom. The molecule has 1 fully saturated rings. The van der Waals surface area contributed by atoms with Gasteiger partial charge in [0.15, 0.2) is 0 Å². The van der Waals surface area contributed by atoms with Crippen LogP contribution in [0.15, 0.2) is 39.4 Å². The summed E-state index contributed by atoms with van der Waals surface area (Å²) in [7, 11) is -7.31. The average molecular weight is 388 g/mol. The number of thiazole rings is 1. The van der Waals surface area contributed by atoms with Crippen LogP contribution in [0.4, 0.5) is 0 Å². The van der Waals surface area contributed by atoms with Crippen LogP contribution >= 0.6 is 11.3 Å². The fourth-order valence-electron chi connectivity index (χ4n) is 2.03. The van der Waals surface area contributed by atoms with E-state index in [9.17, 15) is 16.8 Å². The molecular weight excluding hydrogens is 370 g/mol. The van der Waals surface area contributed by atoms with Gasteiger partial charge in [-0.3, -0.25) is 0 Å². The second kappa shape index (κ2) is 6.52. The van der Waals surface area contributed by atoms with Crippen LogP contribution in [0.2, 0.25) is 0 Å². The number of sulfonamides is 2. The molecule has 1 heterocycles. The second-order valence-corrected chi connectivity index (χ2v) is 10.1. The van der Waals surface area contributed by atoms with E-state index in [1.807, 2.05) is 6.92 Å². The molecule has 7 nitrogen and oxygen atoms in total. The molecule has 1 aromatic heterocycles. The Labute approximate surface area is 145 Å². The lowest BCUT2D eigenvalue weighted by atomic mass is 10.4. The molecule has 3 rings (SSSR count). The molecule has 0 saturated heterocycles. The molecule has 1 aliphatic carbocycles. The number of aryl methyl sites for hydroxylation is 1. The zero-order chi connectivity index (χ0) is 17.4. The van der Waals surface area contributed by atoms with Gasteiger partial charge in [0.2, 0.25) is 20.0 Å². The van der Waals surface area contributed by atoms with Gasteiger partial charge in [-0.2, -0.15) is 0 Å². The highest BCUT2D eigenvalue weighted by Gasteiger charge is 2.28. The highest BCUT2D eigenvalue weighted by molar-refractivity contribution is 7.90. The average Bonchev–Trinajstić information content (AvgIpc) is 3.23. The van der Waals surface area contributed by atoms with E-state index in [0.29, 0.717) is 5.69 Å². The third kappa shape index (κ3) is 4.19. The second-order valence-electron chi connectivity index (χ2n) is 5.55. The van der Waals surface area contributed by atoms with Gasteiger partial charge in [-0.25, -0.2) is 31.3 Å².